The van der Waals surface area contributed by atoms with Crippen molar-refractivity contribution in [2.24, 2.45) is 0 Å². The van der Waals surface area contributed by atoms with Gasteiger partial charge < -0.3 is 9.30 Å². The fourth-order valence-electron chi connectivity index (χ4n) is 5.15. The molecule has 3 aromatic rings. The Balaban J connectivity index is 0.000000868. The zero-order valence-corrected chi connectivity index (χ0v) is 20.0. The molecule has 2 aromatic carbocycles. The number of ether oxygens (including phenoxy) is 1. The highest BCUT2D eigenvalue weighted by Crippen LogP contribution is 2.36. The lowest BCUT2D eigenvalue weighted by Gasteiger charge is -2.37. The molecule has 2 aliphatic rings. The normalized spacial score (nSPS) is 17.5. The Kier molecular flexibility index (Phi) is 6.87. The summed E-state index contributed by atoms with van der Waals surface area (Å²) in [4.78, 5) is 33.1. The highest BCUT2D eigenvalue weighted by atomic mass is 16.6. The van der Waals surface area contributed by atoms with E-state index in [2.05, 4.69) is 54.6 Å². The van der Waals surface area contributed by atoms with Gasteiger partial charge in [0.1, 0.15) is 5.60 Å². The number of aromatic nitrogens is 1. The summed E-state index contributed by atoms with van der Waals surface area (Å²) in [5.74, 6) is 0. The van der Waals surface area contributed by atoms with E-state index >= 15 is 0 Å². The van der Waals surface area contributed by atoms with Crippen molar-refractivity contribution < 1.29 is 19.1 Å². The molecule has 0 saturated carbocycles. The quantitative estimate of drug-likeness (QED) is 0.550. The first-order valence-corrected chi connectivity index (χ1v) is 11.7. The second kappa shape index (κ2) is 9.84. The molecule has 7 heteroatoms. The highest BCUT2D eigenvalue weighted by molar-refractivity contribution is 5.90. The number of anilines is 1. The summed E-state index contributed by atoms with van der Waals surface area (Å²) in [6.45, 7) is 10.1. The number of aryl methyl sites for hydroxylation is 1. The summed E-state index contributed by atoms with van der Waals surface area (Å²) < 4.78 is 8.34. The maximum absolute atomic E-state index is 12.6. The van der Waals surface area contributed by atoms with Crippen molar-refractivity contribution in [3.05, 3.63) is 65.9 Å². The number of para-hydroxylation sites is 2. The fraction of sp³-hybridized carbons (Fsp3) is 0.407. The Labute approximate surface area is 199 Å². The molecule has 0 atom stereocenters. The van der Waals surface area contributed by atoms with E-state index in [1.54, 1.807) is 4.90 Å². The summed E-state index contributed by atoms with van der Waals surface area (Å²) in [6, 6.07) is 16.9. The van der Waals surface area contributed by atoms with E-state index in [0.717, 1.165) is 38.2 Å². The van der Waals surface area contributed by atoms with Gasteiger partial charge in [-0.15, -0.1) is 0 Å². The number of rotatable bonds is 4. The van der Waals surface area contributed by atoms with Crippen molar-refractivity contribution in [3.8, 4) is 0 Å². The molecule has 1 aromatic heterocycles. The Hall–Kier alpha value is -3.41. The van der Waals surface area contributed by atoms with Crippen molar-refractivity contribution >= 4 is 28.8 Å². The standard InChI is InChI=1S/C26H31N3O2.CO2/c1-19(2)28-17-21(23-11-7-8-20(3)24(23)28)16-27-14-12-26(13-15-27)18-29(25(30)31-26)22-9-5-4-6-10-22;2-1-3/h4-11,17,19H,12-16,18H2,1-3H3;. The first kappa shape index (κ1) is 23.7. The van der Waals surface area contributed by atoms with Crippen molar-refractivity contribution in [3.63, 3.8) is 0 Å². The SMILES string of the molecule is Cc1cccc2c(CN3CCC4(CC3)CN(c3ccccc3)C(=O)O4)cn(C(C)C)c12.O=C=O. The number of hydrogen-bond donors (Lipinski definition) is 0. The lowest BCUT2D eigenvalue weighted by Crippen LogP contribution is -2.46. The van der Waals surface area contributed by atoms with E-state index in [1.165, 1.54) is 22.0 Å². The maximum Gasteiger partial charge on any atom is 0.415 e. The summed E-state index contributed by atoms with van der Waals surface area (Å²) in [7, 11) is 0. The summed E-state index contributed by atoms with van der Waals surface area (Å²) in [5.41, 5.74) is 4.63. The van der Waals surface area contributed by atoms with Gasteiger partial charge in [0, 0.05) is 55.8 Å². The molecule has 2 saturated heterocycles. The smallest absolute Gasteiger partial charge is 0.415 e. The zero-order chi connectivity index (χ0) is 24.3. The van der Waals surface area contributed by atoms with Gasteiger partial charge in [0.05, 0.1) is 12.1 Å². The first-order chi connectivity index (χ1) is 16.4. The molecule has 0 bridgehead atoms. The van der Waals surface area contributed by atoms with E-state index in [4.69, 9.17) is 14.3 Å². The molecule has 2 fully saturated rings. The van der Waals surface area contributed by atoms with Crippen molar-refractivity contribution in [2.75, 3.05) is 24.5 Å². The zero-order valence-electron chi connectivity index (χ0n) is 20.0. The topological polar surface area (TPSA) is 71.8 Å². The van der Waals surface area contributed by atoms with Crippen LogP contribution in [0.4, 0.5) is 10.5 Å². The van der Waals surface area contributed by atoms with Crippen LogP contribution in [0, 0.1) is 6.92 Å². The number of carbonyl (C=O) groups excluding carboxylic acids is 3. The molecular weight excluding hydrogens is 430 g/mol. The molecule has 3 heterocycles. The van der Waals surface area contributed by atoms with Crippen LogP contribution < -0.4 is 4.90 Å². The van der Waals surface area contributed by atoms with Gasteiger partial charge in [-0.25, -0.2) is 4.79 Å². The summed E-state index contributed by atoms with van der Waals surface area (Å²) in [5, 5.41) is 1.36. The van der Waals surface area contributed by atoms with Crippen LogP contribution in [0.5, 0.6) is 0 Å². The number of piperidine rings is 1. The van der Waals surface area contributed by atoms with Crippen LogP contribution in [0.2, 0.25) is 0 Å². The largest absolute Gasteiger partial charge is 0.441 e. The van der Waals surface area contributed by atoms with Gasteiger partial charge >= 0.3 is 12.2 Å². The highest BCUT2D eigenvalue weighted by Gasteiger charge is 2.47. The fourth-order valence-corrected chi connectivity index (χ4v) is 5.15. The van der Waals surface area contributed by atoms with E-state index in [0.29, 0.717) is 12.6 Å². The third kappa shape index (κ3) is 4.63. The molecule has 0 N–H and O–H groups in total. The molecule has 1 amide bonds. The Morgan fingerprint density at radius 3 is 2.35 bits per heavy atom. The second-order valence-corrected chi connectivity index (χ2v) is 9.46. The van der Waals surface area contributed by atoms with Gasteiger partial charge in [-0.2, -0.15) is 9.59 Å². The third-order valence-corrected chi connectivity index (χ3v) is 6.89. The molecule has 5 rings (SSSR count). The van der Waals surface area contributed by atoms with E-state index in [9.17, 15) is 4.79 Å². The molecule has 7 nitrogen and oxygen atoms in total. The van der Waals surface area contributed by atoms with Gasteiger partial charge in [0.25, 0.3) is 0 Å². The van der Waals surface area contributed by atoms with Crippen LogP contribution in [0.3, 0.4) is 0 Å². The average Bonchev–Trinajstić information content (AvgIpc) is 3.35. The molecule has 0 radical (unpaired) electrons. The Bertz CT molecular complexity index is 1190. The Morgan fingerprint density at radius 2 is 1.71 bits per heavy atom. The van der Waals surface area contributed by atoms with Gasteiger partial charge in [-0.3, -0.25) is 9.80 Å². The minimum Gasteiger partial charge on any atom is -0.441 e. The number of benzene rings is 2. The number of hydrogen-bond acceptors (Lipinski definition) is 5. The van der Waals surface area contributed by atoms with Gasteiger partial charge in [-0.05, 0) is 44.0 Å². The second-order valence-electron chi connectivity index (χ2n) is 9.46. The summed E-state index contributed by atoms with van der Waals surface area (Å²) in [6.07, 6.45) is 4.13. The van der Waals surface area contributed by atoms with Crippen molar-refractivity contribution in [1.29, 1.82) is 0 Å². The molecular formula is C27H31N3O4. The van der Waals surface area contributed by atoms with Crippen LogP contribution in [-0.2, 0) is 20.9 Å². The van der Waals surface area contributed by atoms with Gasteiger partial charge in [-0.1, -0.05) is 36.4 Å². The van der Waals surface area contributed by atoms with E-state index < -0.39 is 0 Å². The van der Waals surface area contributed by atoms with Gasteiger partial charge in [0.2, 0.25) is 0 Å². The molecule has 1 spiro atoms. The molecule has 34 heavy (non-hydrogen) atoms. The minimum absolute atomic E-state index is 0.213. The van der Waals surface area contributed by atoms with E-state index in [-0.39, 0.29) is 17.8 Å². The third-order valence-electron chi connectivity index (χ3n) is 6.89. The monoisotopic (exact) mass is 461 g/mol. The minimum atomic E-state index is -0.355. The van der Waals surface area contributed by atoms with Crippen LogP contribution in [0.1, 0.15) is 43.9 Å². The van der Waals surface area contributed by atoms with Gasteiger partial charge in [0.15, 0.2) is 0 Å². The molecule has 2 aliphatic heterocycles. The van der Waals surface area contributed by atoms with E-state index in [1.807, 2.05) is 30.3 Å². The van der Waals surface area contributed by atoms with Crippen molar-refractivity contribution in [1.82, 2.24) is 9.47 Å². The number of nitrogens with zero attached hydrogens (tertiary/aromatic N) is 3. The first-order valence-electron chi connectivity index (χ1n) is 11.7. The number of amides is 1. The number of fused-ring (bicyclic) bond motifs is 1. The predicted octanol–water partition coefficient (Wildman–Crippen LogP) is 4.94. The predicted molar refractivity (Wildman–Crippen MR) is 130 cm³/mol. The van der Waals surface area contributed by atoms with Crippen molar-refractivity contribution in [2.45, 2.75) is 51.8 Å². The van der Waals surface area contributed by atoms with Crippen LogP contribution in [0.25, 0.3) is 10.9 Å². The summed E-state index contributed by atoms with van der Waals surface area (Å²) >= 11 is 0. The lowest BCUT2D eigenvalue weighted by molar-refractivity contribution is -0.191. The van der Waals surface area contributed by atoms with Crippen LogP contribution in [0.15, 0.2) is 54.7 Å². The van der Waals surface area contributed by atoms with Crippen LogP contribution in [-0.4, -0.2) is 46.9 Å². The average molecular weight is 462 g/mol. The maximum atomic E-state index is 12.6. The Morgan fingerprint density at radius 1 is 1.03 bits per heavy atom. The number of likely N-dealkylation sites (tertiary alicyclic amines) is 1. The number of carbonyl (C=O) groups is 1. The van der Waals surface area contributed by atoms with Crippen LogP contribution >= 0.6 is 0 Å². The molecule has 0 unspecified atom stereocenters. The molecule has 178 valence electrons. The molecule has 0 aliphatic carbocycles. The lowest BCUT2D eigenvalue weighted by atomic mass is 9.91.